The smallest absolute Gasteiger partial charge is 0.259 e. The molecule has 4 aromatic carbocycles. The molecule has 4 aromatic rings. The fraction of sp³-hybridized carbons (Fsp3) is 0.359. The van der Waals surface area contributed by atoms with Gasteiger partial charge in [-0.25, -0.2) is 0 Å². The highest BCUT2D eigenvalue weighted by Crippen LogP contribution is 2.39. The predicted octanol–water partition coefficient (Wildman–Crippen LogP) is 7.14. The Kier molecular flexibility index (Phi) is 14.4. The third-order valence-electron chi connectivity index (χ3n) is 8.64. The average molecular weight is 680 g/mol. The molecule has 0 saturated heterocycles. The summed E-state index contributed by atoms with van der Waals surface area (Å²) in [5, 5.41) is 30.1. The summed E-state index contributed by atoms with van der Waals surface area (Å²) >= 11 is 0. The Bertz CT molecular complexity index is 1720. The van der Waals surface area contributed by atoms with Crippen LogP contribution in [0.3, 0.4) is 0 Å². The molecule has 4 N–H and O–H groups in total. The summed E-state index contributed by atoms with van der Waals surface area (Å²) in [6.07, 6.45) is 1.57. The van der Waals surface area contributed by atoms with Crippen LogP contribution in [0.1, 0.15) is 71.6 Å². The molecule has 0 fully saturated rings. The second-order valence-electron chi connectivity index (χ2n) is 11.9. The molecular formula is C39H49N7O4. The third-order valence-corrected chi connectivity index (χ3v) is 8.64. The van der Waals surface area contributed by atoms with E-state index in [1.165, 1.54) is 0 Å². The first-order valence-corrected chi connectivity index (χ1v) is 17.5. The standard InChI is InChI=1S/C39H49N7O4/c1-5-45(6-2)22-14-20-40-37(48)29-24-30(38(49)41-21-15-23-46(7-3)8-4)26-32(25-29)43-44-35-33-19-13-12-16-28(33)27-34(36(35)47)39(50)42-31-17-10-9-11-18-31/h9-13,16-19,24-27,47H,5-8,14-15,20-23H2,1-4H3,(H,40,48)(H,41,49)(H,42,50)/b44-43-. The number of amides is 3. The van der Waals surface area contributed by atoms with Gasteiger partial charge in [-0.3, -0.25) is 14.4 Å². The lowest BCUT2D eigenvalue weighted by atomic mass is 10.0. The highest BCUT2D eigenvalue weighted by molar-refractivity contribution is 6.11. The third kappa shape index (κ3) is 10.4. The van der Waals surface area contributed by atoms with Gasteiger partial charge in [0.15, 0.2) is 5.75 Å². The highest BCUT2D eigenvalue weighted by Gasteiger charge is 2.19. The van der Waals surface area contributed by atoms with Gasteiger partial charge in [0.1, 0.15) is 5.69 Å². The van der Waals surface area contributed by atoms with Crippen molar-refractivity contribution in [1.82, 2.24) is 20.4 Å². The topological polar surface area (TPSA) is 139 Å². The van der Waals surface area contributed by atoms with Crippen LogP contribution in [0.2, 0.25) is 0 Å². The second kappa shape index (κ2) is 19.2. The van der Waals surface area contributed by atoms with Crippen LogP contribution in [0.4, 0.5) is 17.1 Å². The second-order valence-corrected chi connectivity index (χ2v) is 11.9. The minimum atomic E-state index is -0.504. The lowest BCUT2D eigenvalue weighted by Gasteiger charge is -2.18. The van der Waals surface area contributed by atoms with Gasteiger partial charge >= 0.3 is 0 Å². The minimum Gasteiger partial charge on any atom is -0.505 e. The number of phenols is 1. The van der Waals surface area contributed by atoms with E-state index < -0.39 is 5.91 Å². The van der Waals surface area contributed by atoms with Gasteiger partial charge in [-0.05, 0) is 93.9 Å². The van der Waals surface area contributed by atoms with Crippen molar-refractivity contribution in [3.8, 4) is 5.75 Å². The van der Waals surface area contributed by atoms with Gasteiger partial charge in [-0.1, -0.05) is 70.2 Å². The Morgan fingerprint density at radius 1 is 0.660 bits per heavy atom. The van der Waals surface area contributed by atoms with Crippen molar-refractivity contribution in [1.29, 1.82) is 0 Å². The number of carbonyl (C=O) groups is 3. The van der Waals surface area contributed by atoms with E-state index in [1.807, 2.05) is 18.2 Å². The van der Waals surface area contributed by atoms with Gasteiger partial charge < -0.3 is 30.9 Å². The summed E-state index contributed by atoms with van der Waals surface area (Å²) in [5.74, 6) is -1.50. The molecule has 3 amide bonds. The molecule has 0 saturated carbocycles. The maximum Gasteiger partial charge on any atom is 0.259 e. The molecule has 0 spiro atoms. The Balaban J connectivity index is 1.63. The van der Waals surface area contributed by atoms with Crippen LogP contribution in [-0.4, -0.2) is 85.0 Å². The molecule has 0 atom stereocenters. The molecule has 0 aliphatic heterocycles. The summed E-state index contributed by atoms with van der Waals surface area (Å²) in [6.45, 7) is 14.9. The summed E-state index contributed by atoms with van der Waals surface area (Å²) in [6, 6.07) is 22.5. The van der Waals surface area contributed by atoms with Crippen molar-refractivity contribution in [2.75, 3.05) is 57.7 Å². The number of nitrogens with one attached hydrogen (secondary N) is 3. The molecule has 0 bridgehead atoms. The number of anilines is 1. The number of benzene rings is 4. The van der Waals surface area contributed by atoms with Gasteiger partial charge in [0, 0.05) is 35.3 Å². The minimum absolute atomic E-state index is 0.0316. The van der Waals surface area contributed by atoms with Crippen LogP contribution in [0.5, 0.6) is 5.75 Å². The SMILES string of the molecule is CCN(CC)CCCNC(=O)c1cc(/N=N\c2c(O)c(C(=O)Nc3ccccc3)cc3ccccc23)cc(C(=O)NCCCN(CC)CC)c1. The molecule has 4 rings (SSSR count). The van der Waals surface area contributed by atoms with Gasteiger partial charge in [0.2, 0.25) is 0 Å². The highest BCUT2D eigenvalue weighted by atomic mass is 16.3. The quantitative estimate of drug-likeness (QED) is 0.0652. The van der Waals surface area contributed by atoms with Gasteiger partial charge in [-0.15, -0.1) is 5.11 Å². The number of carbonyl (C=O) groups excluding carboxylic acids is 3. The molecule has 0 aromatic heterocycles. The molecule has 0 heterocycles. The number of hydrogen-bond acceptors (Lipinski definition) is 8. The van der Waals surface area contributed by atoms with Crippen LogP contribution in [0, 0.1) is 0 Å². The van der Waals surface area contributed by atoms with Gasteiger partial charge in [-0.2, -0.15) is 5.11 Å². The Hall–Kier alpha value is -5.13. The zero-order valence-corrected chi connectivity index (χ0v) is 29.5. The van der Waals surface area contributed by atoms with E-state index >= 15 is 0 Å². The van der Waals surface area contributed by atoms with Crippen LogP contribution in [-0.2, 0) is 0 Å². The van der Waals surface area contributed by atoms with Crippen LogP contribution >= 0.6 is 0 Å². The fourth-order valence-electron chi connectivity index (χ4n) is 5.64. The number of aromatic hydroxyl groups is 1. The lowest BCUT2D eigenvalue weighted by molar-refractivity contribution is 0.0950. The lowest BCUT2D eigenvalue weighted by Crippen LogP contribution is -2.31. The van der Waals surface area contributed by atoms with Gasteiger partial charge in [0.25, 0.3) is 17.7 Å². The number of hydrogen-bond donors (Lipinski definition) is 4. The molecule has 0 aliphatic rings. The first-order valence-electron chi connectivity index (χ1n) is 17.5. The average Bonchev–Trinajstić information content (AvgIpc) is 3.14. The van der Waals surface area contributed by atoms with Crippen LogP contribution < -0.4 is 16.0 Å². The molecule has 50 heavy (non-hydrogen) atoms. The summed E-state index contributed by atoms with van der Waals surface area (Å²) in [7, 11) is 0. The maximum atomic E-state index is 13.3. The van der Waals surface area contributed by atoms with Crippen molar-refractivity contribution >= 4 is 45.6 Å². The van der Waals surface area contributed by atoms with E-state index in [4.69, 9.17) is 0 Å². The van der Waals surface area contributed by atoms with E-state index in [2.05, 4.69) is 63.7 Å². The number of azo groups is 1. The van der Waals surface area contributed by atoms with Crippen molar-refractivity contribution in [3.05, 3.63) is 95.6 Å². The molecule has 0 radical (unpaired) electrons. The van der Waals surface area contributed by atoms with E-state index in [-0.39, 0.29) is 45.6 Å². The molecule has 0 aliphatic carbocycles. The molecule has 11 heteroatoms. The van der Waals surface area contributed by atoms with E-state index in [0.29, 0.717) is 29.5 Å². The number of phenolic OH excluding ortho intramolecular Hbond substituents is 1. The van der Waals surface area contributed by atoms with Crippen molar-refractivity contribution in [2.24, 2.45) is 10.2 Å². The first-order chi connectivity index (χ1) is 24.3. The largest absolute Gasteiger partial charge is 0.505 e. The summed E-state index contributed by atoms with van der Waals surface area (Å²) < 4.78 is 0. The Morgan fingerprint density at radius 3 is 1.76 bits per heavy atom. The Morgan fingerprint density at radius 2 is 1.20 bits per heavy atom. The van der Waals surface area contributed by atoms with E-state index in [0.717, 1.165) is 52.1 Å². The van der Waals surface area contributed by atoms with Gasteiger partial charge in [0.05, 0.1) is 11.3 Å². The first kappa shape index (κ1) is 37.7. The molecular weight excluding hydrogens is 630 g/mol. The fourth-order valence-corrected chi connectivity index (χ4v) is 5.64. The van der Waals surface area contributed by atoms with Crippen molar-refractivity contribution in [3.63, 3.8) is 0 Å². The maximum absolute atomic E-state index is 13.3. The number of fused-ring (bicyclic) bond motifs is 1. The molecule has 264 valence electrons. The zero-order chi connectivity index (χ0) is 35.9. The summed E-state index contributed by atoms with van der Waals surface area (Å²) in [4.78, 5) is 44.5. The van der Waals surface area contributed by atoms with Crippen molar-refractivity contribution in [2.45, 2.75) is 40.5 Å². The normalized spacial score (nSPS) is 11.4. The predicted molar refractivity (Wildman–Crippen MR) is 200 cm³/mol. The number of rotatable bonds is 18. The Labute approximate surface area is 294 Å². The van der Waals surface area contributed by atoms with Crippen LogP contribution in [0.25, 0.3) is 10.8 Å². The molecule has 0 unspecified atom stereocenters. The summed E-state index contributed by atoms with van der Waals surface area (Å²) in [5.41, 5.74) is 1.48. The van der Waals surface area contributed by atoms with Crippen molar-refractivity contribution < 1.29 is 19.5 Å². The monoisotopic (exact) mass is 679 g/mol. The van der Waals surface area contributed by atoms with E-state index in [1.54, 1.807) is 60.7 Å². The zero-order valence-electron chi connectivity index (χ0n) is 29.5. The molecule has 11 nitrogen and oxygen atoms in total. The van der Waals surface area contributed by atoms with E-state index in [9.17, 15) is 19.5 Å². The number of para-hydroxylation sites is 1. The van der Waals surface area contributed by atoms with Crippen LogP contribution in [0.15, 0.2) is 89.1 Å². The number of nitrogens with zero attached hydrogens (tertiary/aromatic N) is 4.